The topological polar surface area (TPSA) is 66.9 Å². The first-order valence-corrected chi connectivity index (χ1v) is 11.1. The number of ether oxygens (including phenoxy) is 1. The Bertz CT molecular complexity index is 735. The maximum atomic E-state index is 12.4. The molecular weight excluding hydrogens is 380 g/mol. The molecule has 0 N–H and O–H groups in total. The number of nitrogens with zero attached hydrogens (tertiary/aromatic N) is 2. The van der Waals surface area contributed by atoms with Crippen molar-refractivity contribution in [2.45, 2.75) is 72.3 Å². The van der Waals surface area contributed by atoms with Crippen molar-refractivity contribution in [1.29, 1.82) is 0 Å². The van der Waals surface area contributed by atoms with Crippen LogP contribution in [-0.4, -0.2) is 52.9 Å². The number of allylic oxidation sites excluding steroid dienone is 2. The third-order valence-electron chi connectivity index (χ3n) is 5.34. The summed E-state index contributed by atoms with van der Waals surface area (Å²) in [6.45, 7) is 11.4. The number of carbonyl (C=O) groups excluding carboxylic acids is 3. The summed E-state index contributed by atoms with van der Waals surface area (Å²) in [5.41, 5.74) is 0.764. The quantitative estimate of drug-likeness (QED) is 0.495. The van der Waals surface area contributed by atoms with E-state index in [4.69, 9.17) is 4.74 Å². The minimum Gasteiger partial charge on any atom is -0.444 e. The zero-order chi connectivity index (χ0) is 22.3. The average Bonchev–Trinajstić information content (AvgIpc) is 2.97. The number of likely N-dealkylation sites (tertiary alicyclic amines) is 1. The standard InChI is InChI=1S/C22H30N2O4.C2H6/c1-22(2,3)28-21(27)23-14-11-16(12-15-23)8-6-7-13-24-19(25)17-9-4-5-10-18(17)20(24)26;1-2/h4,6-7,9,16H,5,8,10-15H2,1-3H3;1-2H3/b7-6+;. The summed E-state index contributed by atoms with van der Waals surface area (Å²) in [6, 6.07) is 0. The van der Waals surface area contributed by atoms with Crippen molar-refractivity contribution < 1.29 is 19.1 Å². The lowest BCUT2D eigenvalue weighted by Crippen LogP contribution is -2.41. The molecule has 0 unspecified atom stereocenters. The molecule has 1 aliphatic carbocycles. The number of imide groups is 1. The van der Waals surface area contributed by atoms with Crippen molar-refractivity contribution in [3.8, 4) is 0 Å². The number of carbonyl (C=O) groups is 3. The largest absolute Gasteiger partial charge is 0.444 e. The maximum Gasteiger partial charge on any atom is 0.410 e. The van der Waals surface area contributed by atoms with Gasteiger partial charge in [0.05, 0.1) is 0 Å². The molecule has 2 aliphatic heterocycles. The van der Waals surface area contributed by atoms with Crippen molar-refractivity contribution in [2.24, 2.45) is 5.92 Å². The minimum absolute atomic E-state index is 0.139. The van der Waals surface area contributed by atoms with Crippen LogP contribution in [0, 0.1) is 5.92 Å². The number of rotatable bonds is 4. The first-order chi connectivity index (χ1) is 14.3. The second-order valence-corrected chi connectivity index (χ2v) is 8.67. The minimum atomic E-state index is -0.467. The zero-order valence-electron chi connectivity index (χ0n) is 19.1. The molecule has 6 nitrogen and oxygen atoms in total. The predicted octanol–water partition coefficient (Wildman–Crippen LogP) is 4.62. The van der Waals surface area contributed by atoms with E-state index in [0.29, 0.717) is 43.1 Å². The molecule has 0 spiro atoms. The summed E-state index contributed by atoms with van der Waals surface area (Å²) >= 11 is 0. The molecule has 30 heavy (non-hydrogen) atoms. The van der Waals surface area contributed by atoms with E-state index in [9.17, 15) is 14.4 Å². The SMILES string of the molecule is CC.CC(C)(C)OC(=O)N1CCC(C/C=C/CN2C(=O)C3=C(CCC=C3)C2=O)CC1. The first kappa shape index (κ1) is 23.9. The van der Waals surface area contributed by atoms with Crippen LogP contribution in [0.15, 0.2) is 35.5 Å². The zero-order valence-corrected chi connectivity index (χ0v) is 19.1. The maximum absolute atomic E-state index is 12.4. The third-order valence-corrected chi connectivity index (χ3v) is 5.34. The lowest BCUT2D eigenvalue weighted by Gasteiger charge is -2.33. The van der Waals surface area contributed by atoms with Crippen molar-refractivity contribution in [3.63, 3.8) is 0 Å². The van der Waals surface area contributed by atoms with Gasteiger partial charge in [0, 0.05) is 30.8 Å². The van der Waals surface area contributed by atoms with Gasteiger partial charge in [0.1, 0.15) is 5.60 Å². The van der Waals surface area contributed by atoms with Crippen molar-refractivity contribution >= 4 is 17.9 Å². The second-order valence-electron chi connectivity index (χ2n) is 8.67. The number of piperidine rings is 1. The molecule has 0 bridgehead atoms. The van der Waals surface area contributed by atoms with Crippen molar-refractivity contribution in [3.05, 3.63) is 35.5 Å². The van der Waals surface area contributed by atoms with Gasteiger partial charge >= 0.3 is 6.09 Å². The van der Waals surface area contributed by atoms with Crippen molar-refractivity contribution in [1.82, 2.24) is 9.80 Å². The van der Waals surface area contributed by atoms with Crippen LogP contribution in [-0.2, 0) is 14.3 Å². The Balaban J connectivity index is 0.00000155. The Morgan fingerprint density at radius 1 is 1.13 bits per heavy atom. The summed E-state index contributed by atoms with van der Waals surface area (Å²) in [7, 11) is 0. The van der Waals surface area contributed by atoms with Crippen LogP contribution in [0.25, 0.3) is 0 Å². The van der Waals surface area contributed by atoms with Crippen molar-refractivity contribution in [2.75, 3.05) is 19.6 Å². The second kappa shape index (κ2) is 10.6. The fourth-order valence-corrected chi connectivity index (χ4v) is 3.80. The summed E-state index contributed by atoms with van der Waals surface area (Å²) in [5.74, 6) is 0.195. The molecule has 0 radical (unpaired) electrons. The van der Waals surface area contributed by atoms with Gasteiger partial charge in [-0.1, -0.05) is 38.2 Å². The molecule has 0 atom stereocenters. The van der Waals surface area contributed by atoms with E-state index in [1.807, 2.05) is 46.8 Å². The smallest absolute Gasteiger partial charge is 0.410 e. The molecule has 1 fully saturated rings. The summed E-state index contributed by atoms with van der Waals surface area (Å²) < 4.78 is 5.42. The molecule has 166 valence electrons. The van der Waals surface area contributed by atoms with Gasteiger partial charge in [0.15, 0.2) is 0 Å². The van der Waals surface area contributed by atoms with Gasteiger partial charge in [-0.05, 0) is 58.8 Å². The summed E-state index contributed by atoms with van der Waals surface area (Å²) in [6.07, 6.45) is 11.7. The van der Waals surface area contributed by atoms with Gasteiger partial charge in [0.2, 0.25) is 0 Å². The monoisotopic (exact) mass is 416 g/mol. The molecule has 0 aromatic rings. The Kier molecular flexibility index (Phi) is 8.44. The molecule has 6 heteroatoms. The van der Waals surface area contributed by atoms with Crippen LogP contribution in [0.3, 0.4) is 0 Å². The average molecular weight is 417 g/mol. The lowest BCUT2D eigenvalue weighted by atomic mass is 9.93. The van der Waals surface area contributed by atoms with E-state index in [1.54, 1.807) is 11.0 Å². The van der Waals surface area contributed by atoms with Crippen LogP contribution >= 0.6 is 0 Å². The first-order valence-electron chi connectivity index (χ1n) is 11.1. The van der Waals surface area contributed by atoms with E-state index < -0.39 is 5.60 Å². The molecular formula is C24H36N2O4. The van der Waals surface area contributed by atoms with Crippen LogP contribution in [0.5, 0.6) is 0 Å². The fraction of sp³-hybridized carbons (Fsp3) is 0.625. The van der Waals surface area contributed by atoms with Crippen LogP contribution in [0.1, 0.15) is 66.7 Å². The molecule has 3 amide bonds. The summed E-state index contributed by atoms with van der Waals surface area (Å²) in [5, 5.41) is 0. The third kappa shape index (κ3) is 6.07. The molecule has 0 saturated carbocycles. The molecule has 0 aromatic carbocycles. The molecule has 0 aromatic heterocycles. The fourth-order valence-electron chi connectivity index (χ4n) is 3.80. The predicted molar refractivity (Wildman–Crippen MR) is 118 cm³/mol. The highest BCUT2D eigenvalue weighted by atomic mass is 16.6. The van der Waals surface area contributed by atoms with Crippen LogP contribution in [0.4, 0.5) is 4.79 Å². The normalized spacial score (nSPS) is 19.9. The van der Waals surface area contributed by atoms with Crippen LogP contribution < -0.4 is 0 Å². The number of hydrogen-bond acceptors (Lipinski definition) is 4. The Labute approximate surface area is 180 Å². The molecule has 3 rings (SSSR count). The van der Waals surface area contributed by atoms with E-state index in [-0.39, 0.29) is 17.9 Å². The number of hydrogen-bond donors (Lipinski definition) is 0. The van der Waals surface area contributed by atoms with E-state index in [0.717, 1.165) is 25.7 Å². The number of amides is 3. The Hall–Kier alpha value is -2.37. The highest BCUT2D eigenvalue weighted by Gasteiger charge is 2.36. The van der Waals surface area contributed by atoms with Gasteiger partial charge in [-0.2, -0.15) is 0 Å². The lowest BCUT2D eigenvalue weighted by molar-refractivity contribution is -0.136. The van der Waals surface area contributed by atoms with E-state index in [2.05, 4.69) is 6.08 Å². The molecule has 3 aliphatic rings. The van der Waals surface area contributed by atoms with Gasteiger partial charge in [-0.25, -0.2) is 4.79 Å². The van der Waals surface area contributed by atoms with Gasteiger partial charge < -0.3 is 9.64 Å². The van der Waals surface area contributed by atoms with Gasteiger partial charge in [-0.15, -0.1) is 0 Å². The van der Waals surface area contributed by atoms with Gasteiger partial charge in [-0.3, -0.25) is 14.5 Å². The van der Waals surface area contributed by atoms with Gasteiger partial charge in [0.25, 0.3) is 11.8 Å². The van der Waals surface area contributed by atoms with Crippen LogP contribution in [0.2, 0.25) is 0 Å². The Morgan fingerprint density at radius 3 is 2.40 bits per heavy atom. The summed E-state index contributed by atoms with van der Waals surface area (Å²) in [4.78, 5) is 40.0. The highest BCUT2D eigenvalue weighted by Crippen LogP contribution is 2.29. The molecule has 2 heterocycles. The Morgan fingerprint density at radius 2 is 1.80 bits per heavy atom. The highest BCUT2D eigenvalue weighted by molar-refractivity contribution is 6.20. The van der Waals surface area contributed by atoms with E-state index >= 15 is 0 Å². The van der Waals surface area contributed by atoms with E-state index in [1.165, 1.54) is 4.90 Å². The molecule has 1 saturated heterocycles.